The van der Waals surface area contributed by atoms with Crippen molar-refractivity contribution in [2.45, 2.75) is 50.8 Å². The Morgan fingerprint density at radius 2 is 1.84 bits per heavy atom. The number of likely N-dealkylation sites (N-methyl/N-ethyl adjacent to an activating group) is 1. The topological polar surface area (TPSA) is 128 Å². The molecule has 0 unspecified atom stereocenters. The Morgan fingerprint density at radius 1 is 1.16 bits per heavy atom. The molecule has 1 heterocycles. The van der Waals surface area contributed by atoms with E-state index in [1.807, 2.05) is 20.8 Å². The van der Waals surface area contributed by atoms with E-state index < -0.39 is 28.2 Å². The molecule has 3 rings (SSSR count). The smallest absolute Gasteiger partial charge is 0.319 e. The quantitative estimate of drug-likeness (QED) is 0.480. The molecule has 0 aliphatic carbocycles. The van der Waals surface area contributed by atoms with Crippen LogP contribution in [0.15, 0.2) is 53.4 Å². The minimum atomic E-state index is -3.80. The van der Waals surface area contributed by atoms with Gasteiger partial charge in [0.15, 0.2) is 5.75 Å². The number of fused-ring (bicyclic) bond motifs is 1. The molecule has 2 aromatic rings. The van der Waals surface area contributed by atoms with E-state index in [0.29, 0.717) is 0 Å². The molecular formula is C26H36N4O6S. The van der Waals surface area contributed by atoms with Crippen LogP contribution < -0.4 is 15.4 Å². The van der Waals surface area contributed by atoms with E-state index in [1.165, 1.54) is 23.5 Å². The fourth-order valence-corrected chi connectivity index (χ4v) is 5.31. The molecule has 0 aromatic heterocycles. The first-order valence-electron chi connectivity index (χ1n) is 12.3. The summed E-state index contributed by atoms with van der Waals surface area (Å²) in [5.74, 6) is -0.499. The number of rotatable bonds is 8. The summed E-state index contributed by atoms with van der Waals surface area (Å²) < 4.78 is 34.0. The van der Waals surface area contributed by atoms with E-state index >= 15 is 0 Å². The molecule has 1 aliphatic rings. The molecule has 3 amide bonds. The van der Waals surface area contributed by atoms with Crippen LogP contribution in [0.4, 0.5) is 10.5 Å². The van der Waals surface area contributed by atoms with Gasteiger partial charge < -0.3 is 25.4 Å². The summed E-state index contributed by atoms with van der Waals surface area (Å²) in [7, 11) is -2.31. The fourth-order valence-electron chi connectivity index (χ4n) is 4.10. The first-order chi connectivity index (χ1) is 17.4. The number of urea groups is 1. The number of hydrogen-bond acceptors (Lipinski definition) is 6. The number of aliphatic hydroxyl groups excluding tert-OH is 1. The van der Waals surface area contributed by atoms with Crippen LogP contribution in [0.1, 0.15) is 38.1 Å². The number of aliphatic hydroxyl groups is 1. The summed E-state index contributed by atoms with van der Waals surface area (Å²) in [4.78, 5) is 27.7. The average Bonchev–Trinajstić information content (AvgIpc) is 2.85. The Bertz CT molecular complexity index is 1200. The number of sulfonamides is 1. The molecule has 3 atom stereocenters. The van der Waals surface area contributed by atoms with Crippen LogP contribution in [0.5, 0.6) is 5.75 Å². The van der Waals surface area contributed by atoms with Crippen LogP contribution in [0.3, 0.4) is 0 Å². The van der Waals surface area contributed by atoms with Crippen LogP contribution in [-0.2, 0) is 10.0 Å². The summed E-state index contributed by atoms with van der Waals surface area (Å²) >= 11 is 0. The van der Waals surface area contributed by atoms with Crippen molar-refractivity contribution >= 4 is 27.6 Å². The van der Waals surface area contributed by atoms with E-state index in [-0.39, 0.29) is 59.5 Å². The first kappa shape index (κ1) is 28.4. The highest BCUT2D eigenvalue weighted by Gasteiger charge is 2.36. The second kappa shape index (κ2) is 11.9. The average molecular weight is 533 g/mol. The second-order valence-corrected chi connectivity index (χ2v) is 11.7. The molecule has 0 fully saturated rings. The number of hydrogen-bond donors (Lipinski definition) is 3. The number of amides is 3. The van der Waals surface area contributed by atoms with Crippen molar-refractivity contribution in [2.75, 3.05) is 32.1 Å². The van der Waals surface area contributed by atoms with Gasteiger partial charge in [-0.25, -0.2) is 13.2 Å². The van der Waals surface area contributed by atoms with Gasteiger partial charge >= 0.3 is 6.03 Å². The van der Waals surface area contributed by atoms with E-state index in [4.69, 9.17) is 4.74 Å². The number of benzene rings is 2. The normalized spacial score (nSPS) is 19.0. The van der Waals surface area contributed by atoms with E-state index in [1.54, 1.807) is 48.2 Å². The summed E-state index contributed by atoms with van der Waals surface area (Å²) in [5, 5.41) is 15.3. The molecule has 10 nitrogen and oxygen atoms in total. The number of nitrogens with zero attached hydrogens (tertiary/aromatic N) is 2. The predicted octanol–water partition coefficient (Wildman–Crippen LogP) is 2.76. The molecular weight excluding hydrogens is 496 g/mol. The Kier molecular flexibility index (Phi) is 9.16. The van der Waals surface area contributed by atoms with Crippen molar-refractivity contribution in [1.82, 2.24) is 14.5 Å². The zero-order valence-corrected chi connectivity index (χ0v) is 22.7. The van der Waals surface area contributed by atoms with Gasteiger partial charge in [0.1, 0.15) is 6.10 Å². The molecule has 0 saturated carbocycles. The summed E-state index contributed by atoms with van der Waals surface area (Å²) in [6, 6.07) is 11.9. The molecule has 11 heteroatoms. The van der Waals surface area contributed by atoms with Crippen LogP contribution >= 0.6 is 0 Å². The summed E-state index contributed by atoms with van der Waals surface area (Å²) in [6.07, 6.45) is -0.667. The third-order valence-electron chi connectivity index (χ3n) is 6.25. The summed E-state index contributed by atoms with van der Waals surface area (Å²) in [6.45, 7) is 7.26. The lowest BCUT2D eigenvalue weighted by Crippen LogP contribution is -2.50. The molecule has 37 heavy (non-hydrogen) atoms. The molecule has 0 saturated heterocycles. The lowest BCUT2D eigenvalue weighted by atomic mass is 9.99. The van der Waals surface area contributed by atoms with Crippen molar-refractivity contribution in [2.24, 2.45) is 5.92 Å². The van der Waals surface area contributed by atoms with Crippen LogP contribution in [0, 0.1) is 5.92 Å². The largest absolute Gasteiger partial charge is 0.486 e. The van der Waals surface area contributed by atoms with Gasteiger partial charge in [0, 0.05) is 25.6 Å². The third kappa shape index (κ3) is 6.60. The van der Waals surface area contributed by atoms with E-state index in [2.05, 4.69) is 10.6 Å². The first-order valence-corrected chi connectivity index (χ1v) is 13.7. The standard InChI is InChI=1S/C26H36N4O6S/c1-17(2)27-26(33)28-22-13-9-12-21-24(22)36-23(18(3)14-30(25(21)32)19(4)16-31)15-29(5)37(34,35)20-10-7-6-8-11-20/h6-13,17-19,23,31H,14-16H2,1-5H3,(H2,27,28,33)/t18-,19-,23-/m0/s1. The molecule has 2 aromatic carbocycles. The van der Waals surface area contributed by atoms with Gasteiger partial charge in [-0.05, 0) is 45.0 Å². The van der Waals surface area contributed by atoms with Crippen LogP contribution in [0.2, 0.25) is 0 Å². The van der Waals surface area contributed by atoms with Gasteiger partial charge in [-0.1, -0.05) is 31.2 Å². The Hall–Kier alpha value is -3.15. The maximum Gasteiger partial charge on any atom is 0.319 e. The number of nitrogens with one attached hydrogen (secondary N) is 2. The monoisotopic (exact) mass is 532 g/mol. The Balaban J connectivity index is 2.02. The highest BCUT2D eigenvalue weighted by Crippen LogP contribution is 2.35. The number of ether oxygens (including phenoxy) is 1. The number of anilines is 1. The molecule has 0 bridgehead atoms. The maximum absolute atomic E-state index is 13.5. The van der Waals surface area contributed by atoms with Gasteiger partial charge in [-0.15, -0.1) is 0 Å². The summed E-state index contributed by atoms with van der Waals surface area (Å²) in [5.41, 5.74) is 0.501. The van der Waals surface area contributed by atoms with Crippen molar-refractivity contribution in [1.29, 1.82) is 0 Å². The third-order valence-corrected chi connectivity index (χ3v) is 8.09. The Labute approximate surface area is 218 Å². The number of carbonyl (C=O) groups excluding carboxylic acids is 2. The van der Waals surface area contributed by atoms with Gasteiger partial charge in [0.2, 0.25) is 10.0 Å². The van der Waals surface area contributed by atoms with E-state index in [0.717, 1.165) is 0 Å². The zero-order chi connectivity index (χ0) is 27.3. The molecule has 202 valence electrons. The lowest BCUT2D eigenvalue weighted by molar-refractivity contribution is 0.0389. The number of carbonyl (C=O) groups is 2. The van der Waals surface area contributed by atoms with Crippen molar-refractivity contribution in [3.05, 3.63) is 54.1 Å². The van der Waals surface area contributed by atoms with Gasteiger partial charge in [-0.3, -0.25) is 4.79 Å². The lowest BCUT2D eigenvalue weighted by Gasteiger charge is -2.38. The van der Waals surface area contributed by atoms with E-state index in [9.17, 15) is 23.1 Å². The SMILES string of the molecule is CC(C)NC(=O)Nc1cccc2c1O[C@@H](CN(C)S(=O)(=O)c1ccccc1)[C@@H](C)CN([C@@H](C)CO)C2=O. The zero-order valence-electron chi connectivity index (χ0n) is 21.8. The van der Waals surface area contributed by atoms with Gasteiger partial charge in [-0.2, -0.15) is 4.31 Å². The van der Waals surface area contributed by atoms with Crippen molar-refractivity contribution in [3.8, 4) is 5.75 Å². The molecule has 0 radical (unpaired) electrons. The van der Waals surface area contributed by atoms with Crippen LogP contribution in [0.25, 0.3) is 0 Å². The molecule has 0 spiro atoms. The fraction of sp³-hybridized carbons (Fsp3) is 0.462. The predicted molar refractivity (Wildman–Crippen MR) is 141 cm³/mol. The van der Waals surface area contributed by atoms with Crippen LogP contribution in [-0.4, -0.2) is 79.6 Å². The minimum absolute atomic E-state index is 0.000104. The minimum Gasteiger partial charge on any atom is -0.486 e. The van der Waals surface area contributed by atoms with Gasteiger partial charge in [0.25, 0.3) is 5.91 Å². The highest BCUT2D eigenvalue weighted by atomic mass is 32.2. The highest BCUT2D eigenvalue weighted by molar-refractivity contribution is 7.89. The van der Waals surface area contributed by atoms with Crippen molar-refractivity contribution < 1.29 is 27.9 Å². The van der Waals surface area contributed by atoms with Gasteiger partial charge in [0.05, 0.1) is 35.3 Å². The Morgan fingerprint density at radius 3 is 2.46 bits per heavy atom. The molecule has 1 aliphatic heterocycles. The molecule has 3 N–H and O–H groups in total. The van der Waals surface area contributed by atoms with Crippen molar-refractivity contribution in [3.63, 3.8) is 0 Å². The number of para-hydroxylation sites is 1. The second-order valence-electron chi connectivity index (χ2n) is 9.66. The maximum atomic E-state index is 13.5.